The molecular weight excluding hydrogens is 258 g/mol. The van der Waals surface area contributed by atoms with Gasteiger partial charge in [-0.1, -0.05) is 0 Å². The van der Waals surface area contributed by atoms with E-state index in [9.17, 15) is 9.59 Å². The molecule has 3 N–H and O–H groups in total. The van der Waals surface area contributed by atoms with E-state index in [1.165, 1.54) is 0 Å². The molecule has 0 bridgehead atoms. The Morgan fingerprint density at radius 2 is 2.05 bits per heavy atom. The van der Waals surface area contributed by atoms with Crippen LogP contribution in [0, 0.1) is 11.3 Å². The molecule has 6 heteroatoms. The fourth-order valence-electron chi connectivity index (χ4n) is 2.66. The van der Waals surface area contributed by atoms with Crippen molar-refractivity contribution in [2.75, 3.05) is 26.2 Å². The van der Waals surface area contributed by atoms with Gasteiger partial charge in [-0.3, -0.25) is 4.79 Å². The normalized spacial score (nSPS) is 24.6. The number of carboxylic acids is 1. The second-order valence-corrected chi connectivity index (χ2v) is 6.39. The monoisotopic (exact) mass is 283 g/mol. The summed E-state index contributed by atoms with van der Waals surface area (Å²) in [6.07, 6.45) is 2.43. The minimum absolute atomic E-state index is 0.233. The second-order valence-electron chi connectivity index (χ2n) is 6.39. The molecule has 114 valence electrons. The van der Waals surface area contributed by atoms with Crippen molar-refractivity contribution < 1.29 is 14.7 Å². The molecule has 1 saturated carbocycles. The first-order chi connectivity index (χ1) is 9.43. The van der Waals surface area contributed by atoms with E-state index in [1.54, 1.807) is 0 Å². The zero-order valence-electron chi connectivity index (χ0n) is 12.3. The number of carbonyl (C=O) groups is 2. The van der Waals surface area contributed by atoms with Gasteiger partial charge in [0.2, 0.25) is 0 Å². The van der Waals surface area contributed by atoms with Gasteiger partial charge in [0.1, 0.15) is 0 Å². The van der Waals surface area contributed by atoms with Crippen molar-refractivity contribution in [3.8, 4) is 0 Å². The Labute approximate surface area is 119 Å². The molecule has 1 heterocycles. The lowest BCUT2D eigenvalue weighted by molar-refractivity contribution is -0.143. The van der Waals surface area contributed by atoms with E-state index in [4.69, 9.17) is 5.11 Å². The van der Waals surface area contributed by atoms with Crippen molar-refractivity contribution in [1.29, 1.82) is 0 Å². The highest BCUT2D eigenvalue weighted by molar-refractivity contribution is 5.80. The molecule has 0 aromatic rings. The van der Waals surface area contributed by atoms with Gasteiger partial charge in [-0.05, 0) is 45.6 Å². The number of amides is 2. The van der Waals surface area contributed by atoms with Gasteiger partial charge in [0.05, 0.1) is 5.41 Å². The number of hydrogen-bond acceptors (Lipinski definition) is 3. The maximum atomic E-state index is 11.7. The molecule has 1 aliphatic carbocycles. The lowest BCUT2D eigenvalue weighted by Crippen LogP contribution is -2.42. The third kappa shape index (κ3) is 3.62. The number of nitrogens with one attached hydrogen (secondary N) is 2. The van der Waals surface area contributed by atoms with Gasteiger partial charge >= 0.3 is 12.0 Å². The van der Waals surface area contributed by atoms with E-state index in [0.717, 1.165) is 19.5 Å². The van der Waals surface area contributed by atoms with Crippen LogP contribution in [0.15, 0.2) is 0 Å². The number of carbonyl (C=O) groups excluding carboxylic acids is 1. The van der Waals surface area contributed by atoms with E-state index in [0.29, 0.717) is 31.3 Å². The summed E-state index contributed by atoms with van der Waals surface area (Å²) in [7, 11) is 0. The molecule has 1 saturated heterocycles. The molecule has 20 heavy (non-hydrogen) atoms. The summed E-state index contributed by atoms with van der Waals surface area (Å²) >= 11 is 0. The van der Waals surface area contributed by atoms with Crippen LogP contribution in [0.5, 0.6) is 0 Å². The van der Waals surface area contributed by atoms with Crippen LogP contribution in [0.4, 0.5) is 4.79 Å². The van der Waals surface area contributed by atoms with Gasteiger partial charge in [-0.25, -0.2) is 4.79 Å². The average molecular weight is 283 g/mol. The number of aliphatic carboxylic acids is 1. The van der Waals surface area contributed by atoms with Crippen LogP contribution < -0.4 is 10.6 Å². The van der Waals surface area contributed by atoms with Gasteiger partial charge in [0.25, 0.3) is 0 Å². The molecule has 1 atom stereocenters. The number of likely N-dealkylation sites (tertiary alicyclic amines) is 1. The van der Waals surface area contributed by atoms with E-state index in [1.807, 2.05) is 0 Å². The smallest absolute Gasteiger partial charge is 0.314 e. The van der Waals surface area contributed by atoms with Crippen LogP contribution in [0.1, 0.15) is 33.1 Å². The van der Waals surface area contributed by atoms with Crippen molar-refractivity contribution in [2.45, 2.75) is 39.2 Å². The molecule has 2 aliphatic rings. The van der Waals surface area contributed by atoms with E-state index in [2.05, 4.69) is 29.4 Å². The first-order valence-corrected chi connectivity index (χ1v) is 7.42. The molecule has 0 aromatic carbocycles. The summed E-state index contributed by atoms with van der Waals surface area (Å²) < 4.78 is 0. The second kappa shape index (κ2) is 5.99. The fourth-order valence-corrected chi connectivity index (χ4v) is 2.66. The summed E-state index contributed by atoms with van der Waals surface area (Å²) in [6, 6.07) is 0.305. The van der Waals surface area contributed by atoms with Crippen LogP contribution in [-0.4, -0.2) is 54.2 Å². The SMILES string of the molecule is CC(C)N1CCC(CNC(=O)NCC2(C(=O)O)CC2)C1. The Morgan fingerprint density at radius 1 is 1.35 bits per heavy atom. The Morgan fingerprint density at radius 3 is 2.55 bits per heavy atom. The first-order valence-electron chi connectivity index (χ1n) is 7.42. The highest BCUT2D eigenvalue weighted by Crippen LogP contribution is 2.45. The fraction of sp³-hybridized carbons (Fsp3) is 0.857. The lowest BCUT2D eigenvalue weighted by atomic mass is 10.1. The highest BCUT2D eigenvalue weighted by atomic mass is 16.4. The molecule has 6 nitrogen and oxygen atoms in total. The zero-order valence-corrected chi connectivity index (χ0v) is 12.3. The molecular formula is C14H25N3O3. The maximum Gasteiger partial charge on any atom is 0.314 e. The van der Waals surface area contributed by atoms with Crippen molar-refractivity contribution in [3.05, 3.63) is 0 Å². The Kier molecular flexibility index (Phi) is 4.52. The number of rotatable bonds is 6. The predicted molar refractivity (Wildman–Crippen MR) is 75.5 cm³/mol. The topological polar surface area (TPSA) is 81.7 Å². The minimum atomic E-state index is -0.804. The predicted octanol–water partition coefficient (Wildman–Crippen LogP) is 0.881. The highest BCUT2D eigenvalue weighted by Gasteiger charge is 2.50. The summed E-state index contributed by atoms with van der Waals surface area (Å²) in [5.74, 6) is -0.307. The summed E-state index contributed by atoms with van der Waals surface area (Å²) in [5, 5.41) is 14.6. The van der Waals surface area contributed by atoms with Gasteiger partial charge < -0.3 is 20.6 Å². The molecule has 1 unspecified atom stereocenters. The zero-order chi connectivity index (χ0) is 14.8. The van der Waals surface area contributed by atoms with Crippen molar-refractivity contribution >= 4 is 12.0 Å². The van der Waals surface area contributed by atoms with E-state index in [-0.39, 0.29) is 12.6 Å². The minimum Gasteiger partial charge on any atom is -0.481 e. The number of carboxylic acid groups (broad SMARTS) is 1. The maximum absolute atomic E-state index is 11.7. The van der Waals surface area contributed by atoms with E-state index >= 15 is 0 Å². The van der Waals surface area contributed by atoms with Crippen LogP contribution >= 0.6 is 0 Å². The first kappa shape index (κ1) is 15.1. The van der Waals surface area contributed by atoms with Gasteiger partial charge in [0.15, 0.2) is 0 Å². The van der Waals surface area contributed by atoms with Gasteiger partial charge in [-0.15, -0.1) is 0 Å². The molecule has 0 spiro atoms. The Bertz CT molecular complexity index is 380. The molecule has 2 amide bonds. The number of hydrogen-bond donors (Lipinski definition) is 3. The molecule has 2 fully saturated rings. The number of nitrogens with zero attached hydrogens (tertiary/aromatic N) is 1. The molecule has 2 rings (SSSR count). The van der Waals surface area contributed by atoms with Crippen LogP contribution in [0.3, 0.4) is 0 Å². The van der Waals surface area contributed by atoms with Crippen molar-refractivity contribution in [1.82, 2.24) is 15.5 Å². The quantitative estimate of drug-likeness (QED) is 0.676. The van der Waals surface area contributed by atoms with Crippen molar-refractivity contribution in [3.63, 3.8) is 0 Å². The third-order valence-electron chi connectivity index (χ3n) is 4.49. The van der Waals surface area contributed by atoms with E-state index < -0.39 is 11.4 Å². The Balaban J connectivity index is 1.63. The lowest BCUT2D eigenvalue weighted by Gasteiger charge is -2.20. The molecule has 0 aromatic heterocycles. The summed E-state index contributed by atoms with van der Waals surface area (Å²) in [5.41, 5.74) is -0.695. The summed E-state index contributed by atoms with van der Waals surface area (Å²) in [6.45, 7) is 7.38. The third-order valence-corrected chi connectivity index (χ3v) is 4.49. The van der Waals surface area contributed by atoms with Gasteiger partial charge in [0, 0.05) is 25.7 Å². The van der Waals surface area contributed by atoms with Crippen LogP contribution in [0.2, 0.25) is 0 Å². The van der Waals surface area contributed by atoms with Gasteiger partial charge in [-0.2, -0.15) is 0 Å². The average Bonchev–Trinajstić information content (AvgIpc) is 3.04. The summed E-state index contributed by atoms with van der Waals surface area (Å²) in [4.78, 5) is 25.1. The van der Waals surface area contributed by atoms with Crippen LogP contribution in [0.25, 0.3) is 0 Å². The standard InChI is InChI=1S/C14H25N3O3/c1-10(2)17-6-3-11(8-17)7-15-13(20)16-9-14(4-5-14)12(18)19/h10-11H,3-9H2,1-2H3,(H,18,19)(H2,15,16,20). The number of urea groups is 1. The largest absolute Gasteiger partial charge is 0.481 e. The molecule has 1 aliphatic heterocycles. The molecule has 0 radical (unpaired) electrons. The Hall–Kier alpha value is -1.30. The van der Waals surface area contributed by atoms with Crippen LogP contribution in [-0.2, 0) is 4.79 Å². The van der Waals surface area contributed by atoms with Crippen molar-refractivity contribution in [2.24, 2.45) is 11.3 Å².